The molecule has 3 nitrogen and oxygen atoms in total. The number of nitrogens with two attached hydrogens (primary N) is 1. The molecule has 2 N–H and O–H groups in total. The van der Waals surface area contributed by atoms with Crippen molar-refractivity contribution >= 4 is 39.3 Å². The Labute approximate surface area is 130 Å². The molecule has 0 saturated carbocycles. The number of rotatable bonds is 4. The molecule has 0 saturated heterocycles. The van der Waals surface area contributed by atoms with E-state index >= 15 is 0 Å². The molecule has 0 radical (unpaired) electrons. The summed E-state index contributed by atoms with van der Waals surface area (Å²) in [6.45, 7) is 2.15. The number of hydrogen-bond acceptors (Lipinski definition) is 4. The zero-order valence-corrected chi connectivity index (χ0v) is 13.3. The average Bonchev–Trinajstić information content (AvgIpc) is 2.43. The highest BCUT2D eigenvalue weighted by atomic mass is 79.9. The molecule has 0 amide bonds. The van der Waals surface area contributed by atoms with E-state index in [1.54, 1.807) is 18.7 Å². The van der Waals surface area contributed by atoms with Crippen LogP contribution in [0.15, 0.2) is 56.7 Å². The highest BCUT2D eigenvalue weighted by molar-refractivity contribution is 9.10. The molecule has 0 fully saturated rings. The summed E-state index contributed by atoms with van der Waals surface area (Å²) < 4.78 is 5.77. The van der Waals surface area contributed by atoms with Crippen LogP contribution in [-0.4, -0.2) is 12.6 Å². The van der Waals surface area contributed by atoms with Crippen LogP contribution < -0.4 is 5.73 Å². The van der Waals surface area contributed by atoms with Gasteiger partial charge in [0.25, 0.3) is 0 Å². The molecule has 104 valence electrons. The van der Waals surface area contributed by atoms with E-state index in [-0.39, 0.29) is 5.97 Å². The number of esters is 1. The maximum absolute atomic E-state index is 11.8. The fourth-order valence-corrected chi connectivity index (χ4v) is 2.87. The van der Waals surface area contributed by atoms with Crippen LogP contribution in [-0.2, 0) is 4.74 Å². The molecule has 0 unspecified atom stereocenters. The molecule has 0 heterocycles. The van der Waals surface area contributed by atoms with Crippen LogP contribution >= 0.6 is 27.7 Å². The van der Waals surface area contributed by atoms with Gasteiger partial charge in [-0.25, -0.2) is 4.79 Å². The maximum Gasteiger partial charge on any atom is 0.339 e. The van der Waals surface area contributed by atoms with Crippen molar-refractivity contribution in [3.05, 3.63) is 52.5 Å². The predicted molar refractivity (Wildman–Crippen MR) is 85.1 cm³/mol. The molecular formula is C15H14BrNO2S. The zero-order chi connectivity index (χ0) is 14.5. The van der Waals surface area contributed by atoms with E-state index in [9.17, 15) is 4.79 Å². The highest BCUT2D eigenvalue weighted by Gasteiger charge is 2.12. The topological polar surface area (TPSA) is 52.3 Å². The quantitative estimate of drug-likeness (QED) is 0.656. The van der Waals surface area contributed by atoms with Gasteiger partial charge in [0.2, 0.25) is 0 Å². The first-order valence-corrected chi connectivity index (χ1v) is 7.71. The summed E-state index contributed by atoms with van der Waals surface area (Å²) in [5.74, 6) is -0.320. The molecule has 5 heteroatoms. The summed E-state index contributed by atoms with van der Waals surface area (Å²) >= 11 is 4.94. The Balaban J connectivity index is 2.22. The molecule has 2 aromatic carbocycles. The molecular weight excluding hydrogens is 338 g/mol. The molecule has 0 aliphatic heterocycles. The molecule has 0 aliphatic rings. The SMILES string of the molecule is CCOC(=O)c1cc(Sc2ccc(N)cc2)ccc1Br. The Morgan fingerprint density at radius 3 is 2.50 bits per heavy atom. The number of anilines is 1. The fourth-order valence-electron chi connectivity index (χ4n) is 1.61. The Kier molecular flexibility index (Phi) is 5.09. The first-order valence-electron chi connectivity index (χ1n) is 6.10. The number of benzene rings is 2. The van der Waals surface area contributed by atoms with Crippen molar-refractivity contribution in [3.8, 4) is 0 Å². The largest absolute Gasteiger partial charge is 0.462 e. The molecule has 0 aromatic heterocycles. The van der Waals surface area contributed by atoms with Crippen LogP contribution in [0.4, 0.5) is 5.69 Å². The van der Waals surface area contributed by atoms with Crippen molar-refractivity contribution < 1.29 is 9.53 Å². The Bertz CT molecular complexity index is 614. The molecule has 0 bridgehead atoms. The van der Waals surface area contributed by atoms with Gasteiger partial charge in [0, 0.05) is 20.0 Å². The Morgan fingerprint density at radius 1 is 1.20 bits per heavy atom. The molecule has 0 atom stereocenters. The van der Waals surface area contributed by atoms with E-state index in [4.69, 9.17) is 10.5 Å². The molecule has 2 rings (SSSR count). The van der Waals surface area contributed by atoms with Gasteiger partial charge in [0.05, 0.1) is 12.2 Å². The first-order chi connectivity index (χ1) is 9.60. The second kappa shape index (κ2) is 6.81. The fraction of sp³-hybridized carbons (Fsp3) is 0.133. The van der Waals surface area contributed by atoms with E-state index in [1.165, 1.54) is 0 Å². The van der Waals surface area contributed by atoms with Crippen molar-refractivity contribution in [1.29, 1.82) is 0 Å². The summed E-state index contributed by atoms with van der Waals surface area (Å²) in [4.78, 5) is 13.9. The van der Waals surface area contributed by atoms with Crippen LogP contribution in [0.1, 0.15) is 17.3 Å². The van der Waals surface area contributed by atoms with Crippen molar-refractivity contribution in [2.45, 2.75) is 16.7 Å². The van der Waals surface area contributed by atoms with Crippen LogP contribution in [0, 0.1) is 0 Å². The van der Waals surface area contributed by atoms with Gasteiger partial charge in [0.1, 0.15) is 0 Å². The van der Waals surface area contributed by atoms with Gasteiger partial charge in [-0.05, 0) is 65.3 Å². The number of hydrogen-bond donors (Lipinski definition) is 1. The minimum atomic E-state index is -0.320. The van der Waals surface area contributed by atoms with Crippen molar-refractivity contribution in [1.82, 2.24) is 0 Å². The van der Waals surface area contributed by atoms with Crippen LogP contribution in [0.5, 0.6) is 0 Å². The Hall–Kier alpha value is -1.46. The third-order valence-electron chi connectivity index (χ3n) is 2.55. The summed E-state index contributed by atoms with van der Waals surface area (Å²) in [6, 6.07) is 13.2. The van der Waals surface area contributed by atoms with E-state index in [2.05, 4.69) is 15.9 Å². The van der Waals surface area contributed by atoms with Gasteiger partial charge >= 0.3 is 5.97 Å². The third kappa shape index (κ3) is 3.77. The van der Waals surface area contributed by atoms with Gasteiger partial charge in [-0.15, -0.1) is 0 Å². The monoisotopic (exact) mass is 351 g/mol. The van der Waals surface area contributed by atoms with Crippen molar-refractivity contribution in [3.63, 3.8) is 0 Å². The van der Waals surface area contributed by atoms with Gasteiger partial charge in [-0.1, -0.05) is 11.8 Å². The van der Waals surface area contributed by atoms with E-state index < -0.39 is 0 Å². The van der Waals surface area contributed by atoms with Gasteiger partial charge < -0.3 is 10.5 Å². The van der Waals surface area contributed by atoms with Crippen LogP contribution in [0.3, 0.4) is 0 Å². The number of carbonyl (C=O) groups is 1. The first kappa shape index (κ1) is 14.9. The number of nitrogen functional groups attached to an aromatic ring is 1. The lowest BCUT2D eigenvalue weighted by Gasteiger charge is -2.07. The lowest BCUT2D eigenvalue weighted by atomic mass is 10.2. The summed E-state index contributed by atoms with van der Waals surface area (Å²) in [5, 5.41) is 0. The van der Waals surface area contributed by atoms with E-state index in [0.29, 0.717) is 12.2 Å². The number of ether oxygens (including phenoxy) is 1. The summed E-state index contributed by atoms with van der Waals surface area (Å²) in [7, 11) is 0. The maximum atomic E-state index is 11.8. The molecule has 0 spiro atoms. The molecule has 0 aliphatic carbocycles. The zero-order valence-electron chi connectivity index (χ0n) is 10.9. The smallest absolute Gasteiger partial charge is 0.339 e. The highest BCUT2D eigenvalue weighted by Crippen LogP contribution is 2.31. The minimum Gasteiger partial charge on any atom is -0.462 e. The van der Waals surface area contributed by atoms with Crippen LogP contribution in [0.2, 0.25) is 0 Å². The van der Waals surface area contributed by atoms with Crippen LogP contribution in [0.25, 0.3) is 0 Å². The van der Waals surface area contributed by atoms with Crippen molar-refractivity contribution in [2.75, 3.05) is 12.3 Å². The second-order valence-corrected chi connectivity index (χ2v) is 6.03. The number of halogens is 1. The average molecular weight is 352 g/mol. The second-order valence-electron chi connectivity index (χ2n) is 4.03. The molecule has 20 heavy (non-hydrogen) atoms. The van der Waals surface area contributed by atoms with Crippen molar-refractivity contribution in [2.24, 2.45) is 0 Å². The minimum absolute atomic E-state index is 0.320. The predicted octanol–water partition coefficient (Wildman–Crippen LogP) is 4.36. The summed E-state index contributed by atoms with van der Waals surface area (Å²) in [6.07, 6.45) is 0. The lowest BCUT2D eigenvalue weighted by Crippen LogP contribution is -2.05. The van der Waals surface area contributed by atoms with E-state index in [1.807, 2.05) is 42.5 Å². The molecule has 2 aromatic rings. The Morgan fingerprint density at radius 2 is 1.85 bits per heavy atom. The van der Waals surface area contributed by atoms with Gasteiger partial charge in [0.15, 0.2) is 0 Å². The van der Waals surface area contributed by atoms with E-state index in [0.717, 1.165) is 20.0 Å². The van der Waals surface area contributed by atoms with Gasteiger partial charge in [-0.3, -0.25) is 0 Å². The number of carbonyl (C=O) groups excluding carboxylic acids is 1. The lowest BCUT2D eigenvalue weighted by molar-refractivity contribution is 0.0525. The standard InChI is InChI=1S/C15H14BrNO2S/c1-2-19-15(18)13-9-12(7-8-14(13)16)20-11-5-3-10(17)4-6-11/h3-9H,2,17H2,1H3. The summed E-state index contributed by atoms with van der Waals surface area (Å²) in [5.41, 5.74) is 6.93. The third-order valence-corrected chi connectivity index (χ3v) is 4.24. The normalized spacial score (nSPS) is 10.3. The van der Waals surface area contributed by atoms with Gasteiger partial charge in [-0.2, -0.15) is 0 Å².